The number of aryl methyl sites for hydroxylation is 1. The van der Waals surface area contributed by atoms with E-state index in [2.05, 4.69) is 115 Å². The first-order chi connectivity index (χ1) is 25.2. The van der Waals surface area contributed by atoms with Gasteiger partial charge in [0.25, 0.3) is 0 Å². The van der Waals surface area contributed by atoms with Crippen molar-refractivity contribution in [2.75, 3.05) is 0 Å². The summed E-state index contributed by atoms with van der Waals surface area (Å²) in [4.78, 5) is 24.7. The third-order valence-corrected chi connectivity index (χ3v) is 9.28. The van der Waals surface area contributed by atoms with Crippen LogP contribution in [-0.4, -0.2) is 24.9 Å². The van der Waals surface area contributed by atoms with E-state index in [1.165, 1.54) is 5.56 Å². The van der Waals surface area contributed by atoms with Gasteiger partial charge in [-0.1, -0.05) is 127 Å². The minimum absolute atomic E-state index is 0.598. The predicted molar refractivity (Wildman–Crippen MR) is 208 cm³/mol. The van der Waals surface area contributed by atoms with Crippen molar-refractivity contribution in [3.8, 4) is 67.7 Å². The normalized spacial score (nSPS) is 11.2. The van der Waals surface area contributed by atoms with Crippen molar-refractivity contribution in [2.45, 2.75) is 6.92 Å². The number of rotatable bonds is 6. The van der Waals surface area contributed by atoms with Gasteiger partial charge in [-0.15, -0.1) is 0 Å². The summed E-state index contributed by atoms with van der Waals surface area (Å²) >= 11 is 0. The van der Waals surface area contributed by atoms with E-state index in [0.29, 0.717) is 5.82 Å². The molecule has 0 amide bonds. The molecule has 0 saturated carbocycles. The van der Waals surface area contributed by atoms with Crippen LogP contribution in [0.15, 0.2) is 170 Å². The Balaban J connectivity index is 1.08. The van der Waals surface area contributed by atoms with Crippen LogP contribution >= 0.6 is 0 Å². The molecule has 0 fully saturated rings. The van der Waals surface area contributed by atoms with E-state index in [0.717, 1.165) is 83.7 Å². The van der Waals surface area contributed by atoms with Crippen LogP contribution in [0.1, 0.15) is 5.56 Å². The van der Waals surface area contributed by atoms with E-state index in [4.69, 9.17) is 19.9 Å². The Labute approximate surface area is 296 Å². The fourth-order valence-corrected chi connectivity index (χ4v) is 6.61. The summed E-state index contributed by atoms with van der Waals surface area (Å²) < 4.78 is 0. The van der Waals surface area contributed by atoms with Gasteiger partial charge in [-0.05, 0) is 60.0 Å². The Morgan fingerprint density at radius 2 is 0.941 bits per heavy atom. The molecule has 9 rings (SSSR count). The molecule has 5 heteroatoms. The molecule has 0 unspecified atom stereocenters. The minimum atomic E-state index is 0.598. The summed E-state index contributed by atoms with van der Waals surface area (Å²) in [5.74, 6) is 0.598. The smallest absolute Gasteiger partial charge is 0.179 e. The van der Waals surface area contributed by atoms with Crippen LogP contribution in [0.5, 0.6) is 0 Å². The van der Waals surface area contributed by atoms with Gasteiger partial charge in [0.2, 0.25) is 0 Å². The molecule has 9 aromatic rings. The van der Waals surface area contributed by atoms with E-state index >= 15 is 0 Å². The van der Waals surface area contributed by atoms with Crippen molar-refractivity contribution < 1.29 is 0 Å². The van der Waals surface area contributed by atoms with Gasteiger partial charge in [0, 0.05) is 39.2 Å². The molecule has 0 N–H and O–H groups in total. The molecule has 4 aromatic heterocycles. The molecule has 51 heavy (non-hydrogen) atoms. The number of benzene rings is 5. The van der Waals surface area contributed by atoms with Crippen molar-refractivity contribution >= 4 is 21.8 Å². The number of nitrogens with zero attached hydrogens (tertiary/aromatic N) is 5. The summed E-state index contributed by atoms with van der Waals surface area (Å²) in [5.41, 5.74) is 13.7. The highest BCUT2D eigenvalue weighted by atomic mass is 14.9. The van der Waals surface area contributed by atoms with Crippen LogP contribution in [0.3, 0.4) is 0 Å². The molecule has 0 aliphatic carbocycles. The summed E-state index contributed by atoms with van der Waals surface area (Å²) in [6.45, 7) is 2.15. The molecular formula is C46H31N5. The van der Waals surface area contributed by atoms with Crippen molar-refractivity contribution in [1.29, 1.82) is 0 Å². The highest BCUT2D eigenvalue weighted by molar-refractivity contribution is 6.05. The molecule has 0 spiro atoms. The highest BCUT2D eigenvalue weighted by Crippen LogP contribution is 2.33. The number of hydrogen-bond acceptors (Lipinski definition) is 5. The number of fused-ring (bicyclic) bond motifs is 3. The predicted octanol–water partition coefficient (Wildman–Crippen LogP) is 11.3. The molecule has 5 nitrogen and oxygen atoms in total. The number of aromatic nitrogens is 5. The van der Waals surface area contributed by atoms with Gasteiger partial charge in [-0.3, -0.25) is 4.98 Å². The second-order valence-electron chi connectivity index (χ2n) is 12.6. The maximum Gasteiger partial charge on any atom is 0.179 e. The zero-order chi connectivity index (χ0) is 34.1. The van der Waals surface area contributed by atoms with E-state index in [1.807, 2.05) is 60.7 Å². The van der Waals surface area contributed by atoms with Crippen molar-refractivity contribution in [3.63, 3.8) is 0 Å². The summed E-state index contributed by atoms with van der Waals surface area (Å²) in [5, 5.41) is 2.19. The monoisotopic (exact) mass is 653 g/mol. The molecule has 0 atom stereocenters. The molecule has 0 aliphatic rings. The first-order valence-corrected chi connectivity index (χ1v) is 17.0. The molecule has 0 radical (unpaired) electrons. The van der Waals surface area contributed by atoms with Crippen LogP contribution in [0.2, 0.25) is 0 Å². The van der Waals surface area contributed by atoms with Crippen LogP contribution in [-0.2, 0) is 0 Å². The summed E-state index contributed by atoms with van der Waals surface area (Å²) in [7, 11) is 0. The number of hydrogen-bond donors (Lipinski definition) is 0. The first kappa shape index (κ1) is 30.2. The van der Waals surface area contributed by atoms with E-state index < -0.39 is 0 Å². The fourth-order valence-electron chi connectivity index (χ4n) is 6.61. The van der Waals surface area contributed by atoms with Crippen LogP contribution in [0.4, 0.5) is 0 Å². The van der Waals surface area contributed by atoms with E-state index in [-0.39, 0.29) is 0 Å². The Morgan fingerprint density at radius 3 is 1.67 bits per heavy atom. The van der Waals surface area contributed by atoms with Gasteiger partial charge in [-0.25, -0.2) is 19.9 Å². The van der Waals surface area contributed by atoms with Gasteiger partial charge < -0.3 is 0 Å². The minimum Gasteiger partial charge on any atom is -0.253 e. The maximum absolute atomic E-state index is 5.24. The van der Waals surface area contributed by atoms with Crippen LogP contribution < -0.4 is 0 Å². The Kier molecular flexibility index (Phi) is 7.63. The zero-order valence-corrected chi connectivity index (χ0v) is 27.9. The van der Waals surface area contributed by atoms with Crippen LogP contribution in [0.25, 0.3) is 89.5 Å². The molecule has 4 heterocycles. The Bertz CT molecular complexity index is 2620. The van der Waals surface area contributed by atoms with Crippen LogP contribution in [0, 0.1) is 6.92 Å². The SMILES string of the molecule is Cc1cc(-c2cccc(-c3ccc(-c4cc(-c5ccccc5)nc(-c5ccccn5)n4)cc3)c2)nc2c1ccc1ccc(-c3ccccc3)nc12. The third-order valence-electron chi connectivity index (χ3n) is 9.28. The zero-order valence-electron chi connectivity index (χ0n) is 27.9. The average Bonchev–Trinajstić information content (AvgIpc) is 3.21. The quantitative estimate of drug-likeness (QED) is 0.167. The molecule has 5 aromatic carbocycles. The maximum atomic E-state index is 5.24. The Hall–Kier alpha value is -6.85. The van der Waals surface area contributed by atoms with Gasteiger partial charge in [0.05, 0.1) is 33.8 Å². The van der Waals surface area contributed by atoms with E-state index in [9.17, 15) is 0 Å². The average molecular weight is 654 g/mol. The van der Waals surface area contributed by atoms with E-state index in [1.54, 1.807) is 6.20 Å². The second-order valence-corrected chi connectivity index (χ2v) is 12.6. The van der Waals surface area contributed by atoms with Gasteiger partial charge in [-0.2, -0.15) is 0 Å². The lowest BCUT2D eigenvalue weighted by molar-refractivity contribution is 1.15. The van der Waals surface area contributed by atoms with Crippen molar-refractivity contribution in [2.24, 2.45) is 0 Å². The molecule has 0 aliphatic heterocycles. The molecular weight excluding hydrogens is 623 g/mol. The van der Waals surface area contributed by atoms with Gasteiger partial charge in [0.15, 0.2) is 5.82 Å². The summed E-state index contributed by atoms with van der Waals surface area (Å²) in [6.07, 6.45) is 1.77. The molecule has 0 bridgehead atoms. The van der Waals surface area contributed by atoms with Crippen molar-refractivity contribution in [3.05, 3.63) is 176 Å². The Morgan fingerprint density at radius 1 is 0.353 bits per heavy atom. The second kappa shape index (κ2) is 12.9. The lowest BCUT2D eigenvalue weighted by Crippen LogP contribution is -1.97. The van der Waals surface area contributed by atoms with Gasteiger partial charge in [0.1, 0.15) is 5.69 Å². The molecule has 0 saturated heterocycles. The summed E-state index contributed by atoms with van der Waals surface area (Å²) in [6, 6.07) is 56.2. The van der Waals surface area contributed by atoms with Gasteiger partial charge >= 0.3 is 0 Å². The topological polar surface area (TPSA) is 64.5 Å². The largest absolute Gasteiger partial charge is 0.253 e. The standard InChI is InChI=1S/C46H31N5/c1-30-27-41(49-45-38(30)24-22-35-23-25-39(48-44(35)45)32-11-4-2-5-12-32)37-16-10-15-36(28-37)31-18-20-34(21-19-31)43-29-42(33-13-6-3-7-14-33)50-46(51-43)40-17-8-9-26-47-40/h2-29H,1H3. The lowest BCUT2D eigenvalue weighted by atomic mass is 9.98. The fraction of sp³-hybridized carbons (Fsp3) is 0.0217. The molecule has 240 valence electrons. The lowest BCUT2D eigenvalue weighted by Gasteiger charge is -2.12. The first-order valence-electron chi connectivity index (χ1n) is 17.0. The highest BCUT2D eigenvalue weighted by Gasteiger charge is 2.14. The van der Waals surface area contributed by atoms with Crippen molar-refractivity contribution in [1.82, 2.24) is 24.9 Å². The number of pyridine rings is 3. The third kappa shape index (κ3) is 5.91.